The molecule has 0 aliphatic rings. The van der Waals surface area contributed by atoms with Gasteiger partial charge in [-0.15, -0.1) is 0 Å². The van der Waals surface area contributed by atoms with Crippen molar-refractivity contribution in [2.45, 2.75) is 18.2 Å². The first kappa shape index (κ1) is 18.3. The molecule has 1 N–H and O–H groups in total. The van der Waals surface area contributed by atoms with Gasteiger partial charge >= 0.3 is 0 Å². The summed E-state index contributed by atoms with van der Waals surface area (Å²) in [6.45, 7) is 1.71. The minimum atomic E-state index is -3.32. The van der Waals surface area contributed by atoms with Crippen LogP contribution in [0.1, 0.15) is 24.5 Å². The smallest absolute Gasteiger partial charge is 0.175 e. The second-order valence-electron chi connectivity index (χ2n) is 5.55. The fraction of sp³-hybridized carbons (Fsp3) is 0.222. The number of aliphatic hydroxyl groups is 1. The molecule has 128 valence electrons. The van der Waals surface area contributed by atoms with E-state index in [1.807, 2.05) is 0 Å². The van der Waals surface area contributed by atoms with E-state index in [2.05, 4.69) is 0 Å². The molecule has 0 fully saturated rings. The zero-order valence-corrected chi connectivity index (χ0v) is 14.2. The van der Waals surface area contributed by atoms with Crippen LogP contribution in [-0.4, -0.2) is 26.4 Å². The molecule has 0 radical (unpaired) electrons. The third-order valence-corrected chi connectivity index (χ3v) is 4.82. The molecule has 2 aromatic carbocycles. The molecule has 2 aromatic rings. The van der Waals surface area contributed by atoms with Crippen molar-refractivity contribution in [1.82, 2.24) is 0 Å². The lowest BCUT2D eigenvalue weighted by Gasteiger charge is -2.14. The van der Waals surface area contributed by atoms with E-state index in [1.54, 1.807) is 19.1 Å². The molecule has 0 unspecified atom stereocenters. The Hall–Kier alpha value is -2.05. The first-order valence-electron chi connectivity index (χ1n) is 7.30. The molecule has 0 spiro atoms. The highest BCUT2D eigenvalue weighted by molar-refractivity contribution is 7.90. The Bertz CT molecular complexity index is 870. The third kappa shape index (κ3) is 4.07. The Labute approximate surface area is 140 Å². The van der Waals surface area contributed by atoms with Crippen LogP contribution in [0, 0.1) is 11.6 Å². The summed E-state index contributed by atoms with van der Waals surface area (Å²) in [5, 5.41) is 9.18. The van der Waals surface area contributed by atoms with Crippen LogP contribution >= 0.6 is 0 Å². The van der Waals surface area contributed by atoms with Crippen molar-refractivity contribution in [2.75, 3.05) is 12.9 Å². The van der Waals surface area contributed by atoms with Gasteiger partial charge in [-0.1, -0.05) is 23.8 Å². The van der Waals surface area contributed by atoms with E-state index in [4.69, 9.17) is 0 Å². The summed E-state index contributed by atoms with van der Waals surface area (Å²) < 4.78 is 49.9. The van der Waals surface area contributed by atoms with E-state index in [-0.39, 0.29) is 11.5 Å². The van der Waals surface area contributed by atoms with Gasteiger partial charge in [0, 0.05) is 12.9 Å². The molecule has 2 rings (SSSR count). The van der Waals surface area contributed by atoms with Crippen LogP contribution in [0.4, 0.5) is 8.78 Å². The summed E-state index contributed by atoms with van der Waals surface area (Å²) in [4.78, 5) is 0.177. The van der Waals surface area contributed by atoms with Crippen molar-refractivity contribution in [3.63, 3.8) is 0 Å². The Balaban J connectivity index is 2.59. The summed E-state index contributed by atoms with van der Waals surface area (Å²) in [6.07, 6.45) is 1.48. The fourth-order valence-corrected chi connectivity index (χ4v) is 3.10. The molecular formula is C18H18F2O3S. The van der Waals surface area contributed by atoms with Crippen molar-refractivity contribution < 1.29 is 22.3 Å². The van der Waals surface area contributed by atoms with E-state index in [0.29, 0.717) is 23.1 Å². The second-order valence-corrected chi connectivity index (χ2v) is 7.57. The molecular weight excluding hydrogens is 334 g/mol. The maximum Gasteiger partial charge on any atom is 0.175 e. The van der Waals surface area contributed by atoms with Gasteiger partial charge < -0.3 is 5.11 Å². The van der Waals surface area contributed by atoms with Crippen LogP contribution in [0.5, 0.6) is 0 Å². The molecule has 0 amide bonds. The highest BCUT2D eigenvalue weighted by atomic mass is 32.2. The summed E-state index contributed by atoms with van der Waals surface area (Å²) in [7, 11) is -3.32. The Kier molecular flexibility index (Phi) is 5.51. The summed E-state index contributed by atoms with van der Waals surface area (Å²) in [5.41, 5.74) is 2.56. The van der Waals surface area contributed by atoms with Crippen LogP contribution in [0.15, 0.2) is 52.9 Å². The van der Waals surface area contributed by atoms with Gasteiger partial charge in [0.25, 0.3) is 0 Å². The lowest BCUT2D eigenvalue weighted by atomic mass is 9.92. The summed E-state index contributed by atoms with van der Waals surface area (Å²) in [5.74, 6) is -1.90. The Morgan fingerprint density at radius 2 is 1.58 bits per heavy atom. The van der Waals surface area contributed by atoms with Crippen molar-refractivity contribution in [3.8, 4) is 0 Å². The number of aliphatic hydroxyl groups excluding tert-OH is 1. The predicted molar refractivity (Wildman–Crippen MR) is 89.3 cm³/mol. The number of hydrogen-bond acceptors (Lipinski definition) is 3. The Morgan fingerprint density at radius 3 is 2.08 bits per heavy atom. The third-order valence-electron chi connectivity index (χ3n) is 3.69. The molecule has 0 aromatic heterocycles. The fourth-order valence-electron chi connectivity index (χ4n) is 2.47. The van der Waals surface area contributed by atoms with Gasteiger partial charge in [0.1, 0.15) is 0 Å². The standard InChI is InChI=1S/C18H18F2O3S/c1-12(9-10-21)18(14-5-8-16(19)17(20)11-14)13-3-6-15(7-4-13)24(2,22)23/h3-8,11,21H,9-10H2,1-2H3. The molecule has 0 aliphatic carbocycles. The molecule has 0 aliphatic heterocycles. The minimum Gasteiger partial charge on any atom is -0.396 e. The molecule has 3 nitrogen and oxygen atoms in total. The molecule has 0 saturated carbocycles. The van der Waals surface area contributed by atoms with E-state index >= 15 is 0 Å². The predicted octanol–water partition coefficient (Wildman–Crippen LogP) is 3.57. The highest BCUT2D eigenvalue weighted by Gasteiger charge is 2.13. The SMILES string of the molecule is CC(CCO)=C(c1ccc(S(C)(=O)=O)cc1)c1ccc(F)c(F)c1. The first-order valence-corrected chi connectivity index (χ1v) is 9.19. The van der Waals surface area contributed by atoms with Crippen LogP contribution < -0.4 is 0 Å². The molecule has 0 atom stereocenters. The number of sulfone groups is 1. The zero-order valence-electron chi connectivity index (χ0n) is 13.4. The average Bonchev–Trinajstić information content (AvgIpc) is 2.51. The lowest BCUT2D eigenvalue weighted by molar-refractivity contribution is 0.299. The van der Waals surface area contributed by atoms with Crippen molar-refractivity contribution in [3.05, 3.63) is 70.8 Å². The number of halogens is 2. The minimum absolute atomic E-state index is 0.0829. The summed E-state index contributed by atoms with van der Waals surface area (Å²) >= 11 is 0. The Morgan fingerprint density at radius 1 is 1.00 bits per heavy atom. The molecule has 24 heavy (non-hydrogen) atoms. The van der Waals surface area contributed by atoms with Gasteiger partial charge in [0.05, 0.1) is 4.90 Å². The lowest BCUT2D eigenvalue weighted by Crippen LogP contribution is -1.99. The quantitative estimate of drug-likeness (QED) is 0.895. The molecule has 0 saturated heterocycles. The van der Waals surface area contributed by atoms with Gasteiger partial charge in [-0.25, -0.2) is 17.2 Å². The van der Waals surface area contributed by atoms with Gasteiger partial charge in [-0.3, -0.25) is 0 Å². The van der Waals surface area contributed by atoms with Gasteiger partial charge in [-0.2, -0.15) is 0 Å². The maximum absolute atomic E-state index is 13.6. The highest BCUT2D eigenvalue weighted by Crippen LogP contribution is 2.30. The summed E-state index contributed by atoms with van der Waals surface area (Å²) in [6, 6.07) is 9.77. The zero-order chi connectivity index (χ0) is 17.9. The van der Waals surface area contributed by atoms with Crippen LogP contribution in [-0.2, 0) is 9.84 Å². The van der Waals surface area contributed by atoms with E-state index in [0.717, 1.165) is 24.0 Å². The van der Waals surface area contributed by atoms with Crippen LogP contribution in [0.25, 0.3) is 5.57 Å². The topological polar surface area (TPSA) is 54.4 Å². The van der Waals surface area contributed by atoms with Crippen LogP contribution in [0.2, 0.25) is 0 Å². The molecule has 0 bridgehead atoms. The van der Waals surface area contributed by atoms with Crippen molar-refractivity contribution >= 4 is 15.4 Å². The van der Waals surface area contributed by atoms with Gasteiger partial charge in [0.15, 0.2) is 21.5 Å². The molecule has 6 heteroatoms. The first-order chi connectivity index (χ1) is 11.2. The van der Waals surface area contributed by atoms with Crippen LogP contribution in [0.3, 0.4) is 0 Å². The number of benzene rings is 2. The second kappa shape index (κ2) is 7.23. The van der Waals surface area contributed by atoms with Gasteiger partial charge in [0.2, 0.25) is 0 Å². The normalized spacial score (nSPS) is 12.9. The monoisotopic (exact) mass is 352 g/mol. The number of hydrogen-bond donors (Lipinski definition) is 1. The number of rotatable bonds is 5. The van der Waals surface area contributed by atoms with Crippen molar-refractivity contribution in [1.29, 1.82) is 0 Å². The average molecular weight is 352 g/mol. The van der Waals surface area contributed by atoms with Crippen molar-refractivity contribution in [2.24, 2.45) is 0 Å². The van der Waals surface area contributed by atoms with E-state index in [1.165, 1.54) is 18.2 Å². The van der Waals surface area contributed by atoms with Gasteiger partial charge in [-0.05, 0) is 54.3 Å². The molecule has 0 heterocycles. The van der Waals surface area contributed by atoms with E-state index in [9.17, 15) is 22.3 Å². The van der Waals surface area contributed by atoms with E-state index < -0.39 is 21.5 Å². The maximum atomic E-state index is 13.6. The largest absolute Gasteiger partial charge is 0.396 e.